The van der Waals surface area contributed by atoms with E-state index in [0.29, 0.717) is 44.3 Å². The minimum atomic E-state index is -0.593. The van der Waals surface area contributed by atoms with Gasteiger partial charge in [0.05, 0.1) is 12.8 Å². The lowest BCUT2D eigenvalue weighted by molar-refractivity contribution is -0.112. The van der Waals surface area contributed by atoms with Crippen LogP contribution in [0.1, 0.15) is 28.2 Å². The molecule has 1 N–H and O–H groups in total. The van der Waals surface area contributed by atoms with E-state index in [1.807, 2.05) is 13.0 Å². The standard InChI is InChI=1S/C22H19N7O4S2/c1-4-18-28-29-19(30)9-15(24-22(29)35-18)11-33-16-6-5-13(8-17(16)32-3)7-14(10-23)20(31)25-21-27-26-12(2)34-21/h5-9H,4,11H2,1-3H3,(H,25,27,31). The number of nitrogens with one attached hydrogen (secondary N) is 1. The van der Waals surface area contributed by atoms with Crippen LogP contribution in [0.25, 0.3) is 11.0 Å². The van der Waals surface area contributed by atoms with E-state index in [4.69, 9.17) is 9.47 Å². The normalized spacial score (nSPS) is 11.3. The molecule has 35 heavy (non-hydrogen) atoms. The highest BCUT2D eigenvalue weighted by atomic mass is 32.1. The van der Waals surface area contributed by atoms with E-state index in [9.17, 15) is 14.9 Å². The van der Waals surface area contributed by atoms with Crippen LogP contribution in [-0.4, -0.2) is 37.8 Å². The number of amides is 1. The molecule has 11 nitrogen and oxygen atoms in total. The van der Waals surface area contributed by atoms with Crippen molar-refractivity contribution in [2.75, 3.05) is 12.4 Å². The van der Waals surface area contributed by atoms with Crippen molar-refractivity contribution in [3.8, 4) is 17.6 Å². The molecule has 0 aliphatic heterocycles. The summed E-state index contributed by atoms with van der Waals surface area (Å²) in [5.74, 6) is 0.211. The molecule has 1 aromatic carbocycles. The first kappa shape index (κ1) is 24.0. The smallest absolute Gasteiger partial charge is 0.275 e. The number of ether oxygens (including phenoxy) is 2. The molecule has 4 rings (SSSR count). The van der Waals surface area contributed by atoms with Crippen LogP contribution in [0.4, 0.5) is 5.13 Å². The summed E-state index contributed by atoms with van der Waals surface area (Å²) in [7, 11) is 1.48. The van der Waals surface area contributed by atoms with Gasteiger partial charge in [-0.25, -0.2) is 4.98 Å². The first-order chi connectivity index (χ1) is 16.9. The number of anilines is 1. The van der Waals surface area contributed by atoms with Gasteiger partial charge in [-0.05, 0) is 37.1 Å². The third-order valence-electron chi connectivity index (χ3n) is 4.63. The number of nitrogens with zero attached hydrogens (tertiary/aromatic N) is 6. The zero-order chi connectivity index (χ0) is 24.9. The third kappa shape index (κ3) is 5.51. The minimum absolute atomic E-state index is 0.0454. The molecular weight excluding hydrogens is 490 g/mol. The third-order valence-corrected chi connectivity index (χ3v) is 6.44. The molecule has 0 aliphatic rings. The van der Waals surface area contributed by atoms with Crippen LogP contribution in [0, 0.1) is 18.3 Å². The van der Waals surface area contributed by atoms with E-state index in [-0.39, 0.29) is 17.7 Å². The Labute approximate surface area is 207 Å². The van der Waals surface area contributed by atoms with Crippen LogP contribution in [0.3, 0.4) is 0 Å². The van der Waals surface area contributed by atoms with Gasteiger partial charge in [-0.2, -0.15) is 14.9 Å². The zero-order valence-corrected chi connectivity index (χ0v) is 20.6. The summed E-state index contributed by atoms with van der Waals surface area (Å²) in [4.78, 5) is 29.7. The number of fused-ring (bicyclic) bond motifs is 1. The summed E-state index contributed by atoms with van der Waals surface area (Å²) in [5, 5.41) is 25.7. The Morgan fingerprint density at radius 3 is 2.77 bits per heavy atom. The fourth-order valence-corrected chi connectivity index (χ4v) is 4.43. The van der Waals surface area contributed by atoms with Crippen molar-refractivity contribution < 1.29 is 14.3 Å². The van der Waals surface area contributed by atoms with Gasteiger partial charge in [0.1, 0.15) is 28.3 Å². The number of aryl methyl sites for hydroxylation is 2. The fraction of sp³-hybridized carbons (Fsp3) is 0.227. The molecule has 1 amide bonds. The van der Waals surface area contributed by atoms with Gasteiger partial charge < -0.3 is 9.47 Å². The second kappa shape index (κ2) is 10.4. The fourth-order valence-electron chi connectivity index (χ4n) is 2.98. The molecular formula is C22H19N7O4S2. The van der Waals surface area contributed by atoms with Crippen LogP contribution in [-0.2, 0) is 17.8 Å². The molecule has 0 fully saturated rings. The van der Waals surface area contributed by atoms with Gasteiger partial charge in [0.25, 0.3) is 11.5 Å². The number of methoxy groups -OCH3 is 1. The predicted octanol–water partition coefficient (Wildman–Crippen LogP) is 3.01. The molecule has 0 bridgehead atoms. The average molecular weight is 510 g/mol. The molecule has 178 valence electrons. The van der Waals surface area contributed by atoms with Crippen LogP contribution in [0.5, 0.6) is 11.5 Å². The number of carbonyl (C=O) groups excluding carboxylic acids is 1. The Morgan fingerprint density at radius 2 is 2.09 bits per heavy atom. The van der Waals surface area contributed by atoms with E-state index in [1.54, 1.807) is 25.1 Å². The number of rotatable bonds is 8. The summed E-state index contributed by atoms with van der Waals surface area (Å²) in [6, 6.07) is 8.24. The van der Waals surface area contributed by atoms with Crippen molar-refractivity contribution in [1.82, 2.24) is 24.8 Å². The van der Waals surface area contributed by atoms with Gasteiger partial charge in [-0.3, -0.25) is 14.9 Å². The number of benzene rings is 1. The minimum Gasteiger partial charge on any atom is -0.493 e. The molecule has 0 aliphatic carbocycles. The Hall–Kier alpha value is -4.15. The number of hydrogen-bond acceptors (Lipinski definition) is 11. The van der Waals surface area contributed by atoms with Gasteiger partial charge in [0.15, 0.2) is 11.5 Å². The monoisotopic (exact) mass is 509 g/mol. The second-order valence-corrected chi connectivity index (χ2v) is 9.30. The van der Waals surface area contributed by atoms with E-state index in [1.165, 1.54) is 46.4 Å². The van der Waals surface area contributed by atoms with Crippen LogP contribution < -0.4 is 20.3 Å². The Kier molecular flexibility index (Phi) is 7.14. The second-order valence-electron chi connectivity index (χ2n) is 7.08. The predicted molar refractivity (Wildman–Crippen MR) is 131 cm³/mol. The largest absolute Gasteiger partial charge is 0.493 e. The van der Waals surface area contributed by atoms with Crippen molar-refractivity contribution in [1.29, 1.82) is 5.26 Å². The highest BCUT2D eigenvalue weighted by molar-refractivity contribution is 7.16. The summed E-state index contributed by atoms with van der Waals surface area (Å²) < 4.78 is 12.5. The molecule has 0 radical (unpaired) electrons. The molecule has 3 aromatic heterocycles. The summed E-state index contributed by atoms with van der Waals surface area (Å²) in [6.45, 7) is 3.77. The molecule has 0 unspecified atom stereocenters. The van der Waals surface area contributed by atoms with Crippen LogP contribution in [0.2, 0.25) is 0 Å². The van der Waals surface area contributed by atoms with Gasteiger partial charge in [-0.15, -0.1) is 10.2 Å². The summed E-state index contributed by atoms with van der Waals surface area (Å²) in [5.41, 5.74) is 0.636. The maximum atomic E-state index is 12.4. The molecule has 4 aromatic rings. The summed E-state index contributed by atoms with van der Waals surface area (Å²) in [6.07, 6.45) is 2.15. The molecule has 0 saturated carbocycles. The van der Waals surface area contributed by atoms with Gasteiger partial charge >= 0.3 is 0 Å². The van der Waals surface area contributed by atoms with Crippen molar-refractivity contribution in [3.63, 3.8) is 0 Å². The van der Waals surface area contributed by atoms with E-state index >= 15 is 0 Å². The molecule has 13 heteroatoms. The highest BCUT2D eigenvalue weighted by Gasteiger charge is 2.14. The van der Waals surface area contributed by atoms with E-state index in [0.717, 1.165) is 5.01 Å². The maximum absolute atomic E-state index is 12.4. The first-order valence-electron chi connectivity index (χ1n) is 10.3. The zero-order valence-electron chi connectivity index (χ0n) is 18.9. The molecule has 0 spiro atoms. The van der Waals surface area contributed by atoms with Crippen molar-refractivity contribution in [2.24, 2.45) is 0 Å². The molecule has 0 saturated heterocycles. The number of carbonyl (C=O) groups is 1. The molecule has 3 heterocycles. The average Bonchev–Trinajstić information content (AvgIpc) is 3.47. The first-order valence-corrected chi connectivity index (χ1v) is 12.0. The topological polar surface area (TPSA) is 144 Å². The van der Waals surface area contributed by atoms with Gasteiger partial charge in [0.2, 0.25) is 10.1 Å². The lowest BCUT2D eigenvalue weighted by atomic mass is 10.1. The van der Waals surface area contributed by atoms with Crippen LogP contribution in [0.15, 0.2) is 34.6 Å². The lowest BCUT2D eigenvalue weighted by Crippen LogP contribution is -2.16. The summed E-state index contributed by atoms with van der Waals surface area (Å²) >= 11 is 2.57. The van der Waals surface area contributed by atoms with Gasteiger partial charge in [0, 0.05) is 6.07 Å². The van der Waals surface area contributed by atoms with E-state index in [2.05, 4.69) is 25.6 Å². The number of hydrogen-bond donors (Lipinski definition) is 1. The van der Waals surface area contributed by atoms with Crippen molar-refractivity contribution >= 4 is 44.7 Å². The lowest BCUT2D eigenvalue weighted by Gasteiger charge is -2.11. The maximum Gasteiger partial charge on any atom is 0.275 e. The van der Waals surface area contributed by atoms with Crippen molar-refractivity contribution in [2.45, 2.75) is 26.9 Å². The SMILES string of the molecule is CCc1nn2c(=O)cc(COc3ccc(C=C(C#N)C(=O)Nc4nnc(C)s4)cc3OC)nc2s1. The number of nitriles is 1. The van der Waals surface area contributed by atoms with Crippen molar-refractivity contribution in [3.05, 3.63) is 61.5 Å². The highest BCUT2D eigenvalue weighted by Crippen LogP contribution is 2.30. The Morgan fingerprint density at radius 1 is 1.26 bits per heavy atom. The Balaban J connectivity index is 1.51. The quantitative estimate of drug-likeness (QED) is 0.280. The van der Waals surface area contributed by atoms with Gasteiger partial charge in [-0.1, -0.05) is 35.7 Å². The molecule has 0 atom stereocenters. The Bertz CT molecular complexity index is 1530. The number of aromatic nitrogens is 5. The van der Waals surface area contributed by atoms with Crippen LogP contribution >= 0.6 is 22.7 Å². The van der Waals surface area contributed by atoms with E-state index < -0.39 is 5.91 Å².